The number of hydrogen-bond donors (Lipinski definition) is 2. The maximum atomic E-state index is 11.7. The molecule has 1 aromatic carbocycles. The van der Waals surface area contributed by atoms with Crippen molar-refractivity contribution >= 4 is 17.3 Å². The number of carbonyl (C=O) groups excluding carboxylic acids is 1. The second-order valence-corrected chi connectivity index (χ2v) is 5.36. The summed E-state index contributed by atoms with van der Waals surface area (Å²) in [7, 11) is 0. The molecule has 0 heterocycles. The van der Waals surface area contributed by atoms with Crippen LogP contribution in [-0.4, -0.2) is 5.91 Å². The van der Waals surface area contributed by atoms with E-state index < -0.39 is 0 Å². The summed E-state index contributed by atoms with van der Waals surface area (Å²) in [5.74, 6) is 0.0238. The van der Waals surface area contributed by atoms with Gasteiger partial charge in [-0.2, -0.15) is 0 Å². The Labute approximate surface area is 97.0 Å². The number of nitrogen functional groups attached to an aromatic ring is 1. The summed E-state index contributed by atoms with van der Waals surface area (Å²) in [5.41, 5.74) is 8.26. The van der Waals surface area contributed by atoms with Gasteiger partial charge in [-0.15, -0.1) is 0 Å². The van der Waals surface area contributed by atoms with Gasteiger partial charge in [0.15, 0.2) is 0 Å². The van der Waals surface area contributed by atoms with Gasteiger partial charge in [0.25, 0.3) is 0 Å². The number of aryl methyl sites for hydroxylation is 1. The standard InChI is InChI=1S/C13H20N2O/c1-9-5-6-10(7-11(9)14)15-12(16)8-13(2,3)4/h5-7H,8,14H2,1-4H3,(H,15,16). The van der Waals surface area contributed by atoms with E-state index in [1.807, 2.05) is 39.8 Å². The molecule has 3 nitrogen and oxygen atoms in total. The number of amides is 1. The summed E-state index contributed by atoms with van der Waals surface area (Å²) in [6.45, 7) is 8.05. The van der Waals surface area contributed by atoms with Crippen LogP contribution in [0, 0.1) is 12.3 Å². The smallest absolute Gasteiger partial charge is 0.224 e. The molecular formula is C13H20N2O. The van der Waals surface area contributed by atoms with Crippen molar-refractivity contribution < 1.29 is 4.79 Å². The van der Waals surface area contributed by atoms with Crippen molar-refractivity contribution in [3.63, 3.8) is 0 Å². The molecule has 1 rings (SSSR count). The molecule has 0 unspecified atom stereocenters. The fraction of sp³-hybridized carbons (Fsp3) is 0.462. The van der Waals surface area contributed by atoms with Gasteiger partial charge in [0, 0.05) is 17.8 Å². The lowest BCUT2D eigenvalue weighted by molar-refractivity contribution is -0.117. The van der Waals surface area contributed by atoms with Crippen LogP contribution in [0.2, 0.25) is 0 Å². The van der Waals surface area contributed by atoms with Crippen molar-refractivity contribution in [2.75, 3.05) is 11.1 Å². The van der Waals surface area contributed by atoms with Crippen LogP contribution < -0.4 is 11.1 Å². The molecule has 0 radical (unpaired) electrons. The maximum absolute atomic E-state index is 11.7. The van der Waals surface area contributed by atoms with Crippen LogP contribution in [0.4, 0.5) is 11.4 Å². The number of anilines is 2. The van der Waals surface area contributed by atoms with E-state index in [1.54, 1.807) is 6.07 Å². The van der Waals surface area contributed by atoms with Crippen molar-refractivity contribution in [3.05, 3.63) is 23.8 Å². The van der Waals surface area contributed by atoms with Crippen LogP contribution in [-0.2, 0) is 4.79 Å². The van der Waals surface area contributed by atoms with Crippen LogP contribution in [0.3, 0.4) is 0 Å². The quantitative estimate of drug-likeness (QED) is 0.753. The van der Waals surface area contributed by atoms with Crippen LogP contribution >= 0.6 is 0 Å². The average Bonchev–Trinajstić information content (AvgIpc) is 2.08. The highest BCUT2D eigenvalue weighted by Crippen LogP contribution is 2.21. The van der Waals surface area contributed by atoms with Crippen molar-refractivity contribution in [2.45, 2.75) is 34.1 Å². The number of rotatable bonds is 2. The molecule has 16 heavy (non-hydrogen) atoms. The topological polar surface area (TPSA) is 55.1 Å². The highest BCUT2D eigenvalue weighted by atomic mass is 16.1. The van der Waals surface area contributed by atoms with Gasteiger partial charge in [-0.1, -0.05) is 26.8 Å². The van der Waals surface area contributed by atoms with Crippen LogP contribution in [0.1, 0.15) is 32.8 Å². The molecular weight excluding hydrogens is 200 g/mol. The molecule has 0 aliphatic carbocycles. The zero-order valence-electron chi connectivity index (χ0n) is 10.4. The Kier molecular flexibility index (Phi) is 3.58. The monoisotopic (exact) mass is 220 g/mol. The first-order chi connectivity index (χ1) is 7.28. The third kappa shape index (κ3) is 3.93. The molecule has 0 saturated heterocycles. The van der Waals surface area contributed by atoms with Gasteiger partial charge in [-0.05, 0) is 30.0 Å². The molecule has 0 atom stereocenters. The van der Waals surface area contributed by atoms with Crippen molar-refractivity contribution in [1.29, 1.82) is 0 Å². The molecule has 0 aromatic heterocycles. The molecule has 0 saturated carbocycles. The number of benzene rings is 1. The first-order valence-electron chi connectivity index (χ1n) is 5.44. The summed E-state index contributed by atoms with van der Waals surface area (Å²) < 4.78 is 0. The molecule has 1 aromatic rings. The Morgan fingerprint density at radius 2 is 2.00 bits per heavy atom. The SMILES string of the molecule is Cc1ccc(NC(=O)CC(C)(C)C)cc1N. The highest BCUT2D eigenvalue weighted by molar-refractivity contribution is 5.91. The lowest BCUT2D eigenvalue weighted by atomic mass is 9.92. The predicted octanol–water partition coefficient (Wildman–Crippen LogP) is 2.95. The Morgan fingerprint density at radius 3 is 2.50 bits per heavy atom. The van der Waals surface area contributed by atoms with Gasteiger partial charge in [0.1, 0.15) is 0 Å². The molecule has 1 amide bonds. The number of hydrogen-bond acceptors (Lipinski definition) is 2. The number of nitrogens with two attached hydrogens (primary N) is 1. The van der Waals surface area contributed by atoms with E-state index in [2.05, 4.69) is 5.32 Å². The van der Waals surface area contributed by atoms with Gasteiger partial charge in [0.05, 0.1) is 0 Å². The molecule has 0 aliphatic heterocycles. The van der Waals surface area contributed by atoms with E-state index in [0.717, 1.165) is 11.3 Å². The minimum absolute atomic E-state index is 0.000322. The summed E-state index contributed by atoms with van der Waals surface area (Å²) in [4.78, 5) is 11.7. The van der Waals surface area contributed by atoms with E-state index in [-0.39, 0.29) is 11.3 Å². The highest BCUT2D eigenvalue weighted by Gasteiger charge is 2.15. The number of nitrogens with one attached hydrogen (secondary N) is 1. The summed E-state index contributed by atoms with van der Waals surface area (Å²) in [6.07, 6.45) is 0.501. The van der Waals surface area contributed by atoms with Crippen molar-refractivity contribution in [3.8, 4) is 0 Å². The molecule has 3 heteroatoms. The van der Waals surface area contributed by atoms with E-state index >= 15 is 0 Å². The number of carbonyl (C=O) groups is 1. The van der Waals surface area contributed by atoms with Gasteiger partial charge in [0.2, 0.25) is 5.91 Å². The summed E-state index contributed by atoms with van der Waals surface area (Å²) >= 11 is 0. The largest absolute Gasteiger partial charge is 0.398 e. The molecule has 0 fully saturated rings. The Morgan fingerprint density at radius 1 is 1.38 bits per heavy atom. The second kappa shape index (κ2) is 4.56. The minimum atomic E-state index is 0.000322. The lowest BCUT2D eigenvalue weighted by Gasteiger charge is -2.17. The Bertz CT molecular complexity index is 391. The Hall–Kier alpha value is -1.51. The minimum Gasteiger partial charge on any atom is -0.398 e. The lowest BCUT2D eigenvalue weighted by Crippen LogP contribution is -2.19. The van der Waals surface area contributed by atoms with E-state index in [9.17, 15) is 4.79 Å². The van der Waals surface area contributed by atoms with Gasteiger partial charge >= 0.3 is 0 Å². The van der Waals surface area contributed by atoms with Crippen molar-refractivity contribution in [2.24, 2.45) is 5.41 Å². The third-order valence-electron chi connectivity index (χ3n) is 2.25. The van der Waals surface area contributed by atoms with E-state index in [1.165, 1.54) is 0 Å². The zero-order valence-corrected chi connectivity index (χ0v) is 10.4. The van der Waals surface area contributed by atoms with Gasteiger partial charge in [-0.25, -0.2) is 0 Å². The zero-order chi connectivity index (χ0) is 12.3. The predicted molar refractivity (Wildman–Crippen MR) is 68.3 cm³/mol. The molecule has 0 aliphatic rings. The summed E-state index contributed by atoms with van der Waals surface area (Å²) in [5, 5.41) is 2.85. The Balaban J connectivity index is 2.67. The molecule has 3 N–H and O–H groups in total. The normalized spacial score (nSPS) is 11.2. The van der Waals surface area contributed by atoms with Crippen LogP contribution in [0.15, 0.2) is 18.2 Å². The molecule has 0 bridgehead atoms. The maximum Gasteiger partial charge on any atom is 0.224 e. The van der Waals surface area contributed by atoms with Gasteiger partial charge < -0.3 is 11.1 Å². The van der Waals surface area contributed by atoms with Crippen LogP contribution in [0.5, 0.6) is 0 Å². The van der Waals surface area contributed by atoms with Crippen molar-refractivity contribution in [1.82, 2.24) is 0 Å². The fourth-order valence-corrected chi connectivity index (χ4v) is 1.41. The second-order valence-electron chi connectivity index (χ2n) is 5.36. The van der Waals surface area contributed by atoms with Gasteiger partial charge in [-0.3, -0.25) is 4.79 Å². The van der Waals surface area contributed by atoms with Crippen LogP contribution in [0.25, 0.3) is 0 Å². The average molecular weight is 220 g/mol. The van der Waals surface area contributed by atoms with E-state index in [0.29, 0.717) is 12.1 Å². The molecule has 88 valence electrons. The molecule has 0 spiro atoms. The first kappa shape index (κ1) is 12.6. The third-order valence-corrected chi connectivity index (χ3v) is 2.25. The summed E-state index contributed by atoms with van der Waals surface area (Å²) in [6, 6.07) is 5.56. The fourth-order valence-electron chi connectivity index (χ4n) is 1.41. The van der Waals surface area contributed by atoms with E-state index in [4.69, 9.17) is 5.73 Å². The first-order valence-corrected chi connectivity index (χ1v) is 5.44.